The van der Waals surface area contributed by atoms with E-state index in [1.807, 2.05) is 13.8 Å². The monoisotopic (exact) mass is 522 g/mol. The van der Waals surface area contributed by atoms with Gasteiger partial charge in [0.15, 0.2) is 0 Å². The number of halogens is 1. The second-order valence-electron chi connectivity index (χ2n) is 9.78. The van der Waals surface area contributed by atoms with Gasteiger partial charge in [0.05, 0.1) is 42.9 Å². The van der Waals surface area contributed by atoms with Crippen molar-refractivity contribution in [3.63, 3.8) is 0 Å². The Balaban J connectivity index is 1.62. The summed E-state index contributed by atoms with van der Waals surface area (Å²) in [6.45, 7) is 6.01. The zero-order chi connectivity index (χ0) is 25.7. The van der Waals surface area contributed by atoms with Gasteiger partial charge in [-0.1, -0.05) is 12.1 Å². The zero-order valence-corrected chi connectivity index (χ0v) is 21.7. The third-order valence-corrected chi connectivity index (χ3v) is 7.96. The number of sulfone groups is 1. The van der Waals surface area contributed by atoms with E-state index in [0.717, 1.165) is 25.7 Å². The summed E-state index contributed by atoms with van der Waals surface area (Å²) in [4.78, 5) is 19.0. The van der Waals surface area contributed by atoms with Crippen LogP contribution in [0.25, 0.3) is 0 Å². The van der Waals surface area contributed by atoms with Gasteiger partial charge in [0.2, 0.25) is 15.0 Å². The van der Waals surface area contributed by atoms with Crippen molar-refractivity contribution in [2.75, 3.05) is 19.8 Å². The lowest BCUT2D eigenvalue weighted by Crippen LogP contribution is -2.46. The van der Waals surface area contributed by atoms with Gasteiger partial charge >= 0.3 is 6.03 Å². The molecule has 1 N–H and O–H groups in total. The summed E-state index contributed by atoms with van der Waals surface area (Å²) in [7, 11) is -3.84. The Hall–Kier alpha value is -2.50. The predicted molar refractivity (Wildman–Crippen MR) is 132 cm³/mol. The molecule has 0 saturated carbocycles. The number of nitrogens with one attached hydrogen (secondary N) is 1. The fourth-order valence-electron chi connectivity index (χ4n) is 4.61. The van der Waals surface area contributed by atoms with Crippen molar-refractivity contribution >= 4 is 15.9 Å². The first-order valence-electron chi connectivity index (χ1n) is 12.5. The molecule has 2 atom stereocenters. The van der Waals surface area contributed by atoms with Crippen LogP contribution in [-0.4, -0.2) is 66.9 Å². The number of benzene rings is 1. The Bertz CT molecular complexity index is 1120. The van der Waals surface area contributed by atoms with E-state index >= 15 is 0 Å². The summed E-state index contributed by atoms with van der Waals surface area (Å²) in [6, 6.07) is 5.12. The van der Waals surface area contributed by atoms with Crippen LogP contribution in [0.2, 0.25) is 0 Å². The molecule has 1 aromatic heterocycles. The number of carbonyl (C=O) groups is 1. The van der Waals surface area contributed by atoms with Crippen LogP contribution in [-0.2, 0) is 38.2 Å². The number of ether oxygens (including phenoxy) is 2. The summed E-state index contributed by atoms with van der Waals surface area (Å²) < 4.78 is 53.4. The number of imidazole rings is 1. The maximum absolute atomic E-state index is 13.4. The van der Waals surface area contributed by atoms with Crippen LogP contribution in [0, 0.1) is 5.82 Å². The van der Waals surface area contributed by atoms with Gasteiger partial charge in [0.25, 0.3) is 0 Å². The minimum atomic E-state index is -3.84. The molecule has 36 heavy (non-hydrogen) atoms. The van der Waals surface area contributed by atoms with Crippen molar-refractivity contribution in [1.29, 1.82) is 0 Å². The smallest absolute Gasteiger partial charge is 0.318 e. The predicted octanol–water partition coefficient (Wildman–Crippen LogP) is 3.27. The molecule has 0 aliphatic carbocycles. The maximum Gasteiger partial charge on any atom is 0.318 e. The molecule has 0 bridgehead atoms. The number of nitrogens with zero attached hydrogens (tertiary/aromatic N) is 3. The van der Waals surface area contributed by atoms with E-state index in [1.165, 1.54) is 30.5 Å². The first kappa shape index (κ1) is 26.6. The van der Waals surface area contributed by atoms with Gasteiger partial charge in [-0.2, -0.15) is 0 Å². The van der Waals surface area contributed by atoms with Crippen molar-refractivity contribution in [2.24, 2.45) is 0 Å². The topological polar surface area (TPSA) is 103 Å². The Morgan fingerprint density at radius 2 is 1.83 bits per heavy atom. The summed E-state index contributed by atoms with van der Waals surface area (Å²) in [5, 5.41) is 2.86. The van der Waals surface area contributed by atoms with E-state index in [0.29, 0.717) is 37.6 Å². The second-order valence-corrected chi connectivity index (χ2v) is 11.7. The van der Waals surface area contributed by atoms with Crippen LogP contribution in [0.3, 0.4) is 0 Å². The third-order valence-electron chi connectivity index (χ3n) is 6.36. The molecule has 2 saturated heterocycles. The molecule has 2 aliphatic heterocycles. The largest absolute Gasteiger partial charge is 0.376 e. The molecule has 3 heterocycles. The van der Waals surface area contributed by atoms with E-state index in [2.05, 4.69) is 10.3 Å². The van der Waals surface area contributed by atoms with Crippen LogP contribution < -0.4 is 5.32 Å². The minimum absolute atomic E-state index is 0.0482. The molecule has 2 fully saturated rings. The van der Waals surface area contributed by atoms with E-state index in [1.54, 1.807) is 9.47 Å². The highest BCUT2D eigenvalue weighted by atomic mass is 32.2. The first-order chi connectivity index (χ1) is 17.2. The van der Waals surface area contributed by atoms with Crippen LogP contribution in [0.4, 0.5) is 9.18 Å². The summed E-state index contributed by atoms with van der Waals surface area (Å²) >= 11 is 0. The highest BCUT2D eigenvalue weighted by Crippen LogP contribution is 2.23. The number of hydrogen-bond donors (Lipinski definition) is 1. The molecule has 1 aromatic carbocycles. The first-order valence-corrected chi connectivity index (χ1v) is 14.2. The summed E-state index contributed by atoms with van der Waals surface area (Å²) in [6.07, 6.45) is 4.90. The number of hydrogen-bond acceptors (Lipinski definition) is 6. The van der Waals surface area contributed by atoms with Crippen molar-refractivity contribution in [2.45, 2.75) is 81.8 Å². The quantitative estimate of drug-likeness (QED) is 0.514. The average molecular weight is 523 g/mol. The fourth-order valence-corrected chi connectivity index (χ4v) is 6.11. The Morgan fingerprint density at radius 1 is 1.17 bits per heavy atom. The van der Waals surface area contributed by atoms with E-state index < -0.39 is 15.7 Å². The molecule has 2 aliphatic rings. The number of amides is 2. The second kappa shape index (κ2) is 11.7. The Kier molecular flexibility index (Phi) is 8.63. The van der Waals surface area contributed by atoms with Crippen LogP contribution in [0.15, 0.2) is 35.6 Å². The van der Waals surface area contributed by atoms with Crippen molar-refractivity contribution in [1.82, 2.24) is 19.8 Å². The zero-order valence-electron chi connectivity index (χ0n) is 20.9. The lowest BCUT2D eigenvalue weighted by atomic mass is 10.2. The number of carbonyl (C=O) groups excluding carboxylic acids is 1. The number of aromatic nitrogens is 2. The molecular weight excluding hydrogens is 487 g/mol. The molecule has 9 nitrogen and oxygen atoms in total. The lowest BCUT2D eigenvalue weighted by molar-refractivity contribution is 0.0768. The van der Waals surface area contributed by atoms with Gasteiger partial charge in [0.1, 0.15) is 5.82 Å². The van der Waals surface area contributed by atoms with Crippen LogP contribution in [0.5, 0.6) is 0 Å². The van der Waals surface area contributed by atoms with Crippen molar-refractivity contribution < 1.29 is 27.1 Å². The standard InChI is InChI=1S/C25H35FN4O5S/c1-18(2)28-24(31)29(15-22-5-3-11-34-22)14-21-13-27-25(30(21)16-23-6-4-12-35-23)36(32,33)17-19-7-9-20(26)10-8-19/h7-10,13,18,22-23H,3-6,11-12,14-17H2,1-2H3,(H,28,31). The molecule has 2 aromatic rings. The molecular formula is C25H35FN4O5S. The van der Waals surface area contributed by atoms with E-state index in [9.17, 15) is 17.6 Å². The molecule has 2 amide bonds. The van der Waals surface area contributed by atoms with Crippen molar-refractivity contribution in [3.05, 3.63) is 47.5 Å². The highest BCUT2D eigenvalue weighted by molar-refractivity contribution is 7.90. The molecule has 4 rings (SSSR count). The van der Waals surface area contributed by atoms with Gasteiger partial charge in [-0.25, -0.2) is 22.6 Å². The lowest BCUT2D eigenvalue weighted by Gasteiger charge is -2.27. The van der Waals surface area contributed by atoms with E-state index in [4.69, 9.17) is 9.47 Å². The van der Waals surface area contributed by atoms with Crippen LogP contribution >= 0.6 is 0 Å². The van der Waals surface area contributed by atoms with Gasteiger partial charge in [0, 0.05) is 25.8 Å². The van der Waals surface area contributed by atoms with Gasteiger partial charge in [-0.3, -0.25) is 0 Å². The molecule has 0 spiro atoms. The fraction of sp³-hybridized carbons (Fsp3) is 0.600. The maximum atomic E-state index is 13.4. The normalized spacial score (nSPS) is 20.2. The average Bonchev–Trinajstić information content (AvgIpc) is 3.58. The Morgan fingerprint density at radius 3 is 2.44 bits per heavy atom. The molecule has 198 valence electrons. The van der Waals surface area contributed by atoms with Gasteiger partial charge in [-0.05, 0) is 57.2 Å². The number of urea groups is 1. The van der Waals surface area contributed by atoms with Crippen LogP contribution in [0.1, 0.15) is 50.8 Å². The third kappa shape index (κ3) is 6.83. The van der Waals surface area contributed by atoms with Gasteiger partial charge in [-0.15, -0.1) is 0 Å². The summed E-state index contributed by atoms with van der Waals surface area (Å²) in [5.41, 5.74) is 1.08. The molecule has 11 heteroatoms. The Labute approximate surface area is 211 Å². The van der Waals surface area contributed by atoms with Crippen molar-refractivity contribution in [3.8, 4) is 0 Å². The summed E-state index contributed by atoms with van der Waals surface area (Å²) in [5.74, 6) is -0.729. The molecule has 2 unspecified atom stereocenters. The molecule has 0 radical (unpaired) electrons. The minimum Gasteiger partial charge on any atom is -0.376 e. The van der Waals surface area contributed by atoms with E-state index in [-0.39, 0.29) is 41.7 Å². The van der Waals surface area contributed by atoms with Gasteiger partial charge < -0.3 is 24.3 Å². The highest BCUT2D eigenvalue weighted by Gasteiger charge is 2.29. The SMILES string of the molecule is CC(C)NC(=O)N(Cc1cnc(S(=O)(=O)Cc2ccc(F)cc2)n1CC1CCCO1)CC1CCCO1. The number of rotatable bonds is 10.